The van der Waals surface area contributed by atoms with Crippen molar-refractivity contribution >= 4 is 17.6 Å². The first-order valence-electron chi connectivity index (χ1n) is 8.05. The molecule has 0 atom stereocenters. The van der Waals surface area contributed by atoms with Gasteiger partial charge in [0, 0.05) is 10.6 Å². The van der Waals surface area contributed by atoms with E-state index in [2.05, 4.69) is 0 Å². The molecule has 1 fully saturated rings. The number of carboxylic acids is 1. The van der Waals surface area contributed by atoms with Crippen LogP contribution < -0.4 is 4.74 Å². The summed E-state index contributed by atoms with van der Waals surface area (Å²) in [5, 5.41) is 10.1. The molecule has 0 saturated heterocycles. The minimum absolute atomic E-state index is 0.00896. The number of benzene rings is 2. The maximum atomic E-state index is 12.6. The summed E-state index contributed by atoms with van der Waals surface area (Å²) < 4.78 is 42.9. The zero-order valence-electron chi connectivity index (χ0n) is 13.6. The van der Waals surface area contributed by atoms with Crippen molar-refractivity contribution in [3.05, 3.63) is 53.1 Å². The third kappa shape index (κ3) is 3.65. The van der Waals surface area contributed by atoms with Crippen LogP contribution in [0, 0.1) is 0 Å². The lowest BCUT2D eigenvalue weighted by Gasteiger charge is -2.38. The molecule has 1 aliphatic rings. The van der Waals surface area contributed by atoms with Gasteiger partial charge in [0.25, 0.3) is 0 Å². The lowest BCUT2D eigenvalue weighted by Crippen LogP contribution is -2.42. The van der Waals surface area contributed by atoms with Crippen LogP contribution in [0.15, 0.2) is 42.5 Å². The Balaban J connectivity index is 2.03. The van der Waals surface area contributed by atoms with Gasteiger partial charge in [0.2, 0.25) is 0 Å². The zero-order valence-corrected chi connectivity index (χ0v) is 14.4. The first kappa shape index (κ1) is 18.6. The average Bonchev–Trinajstić information content (AvgIpc) is 2.52. The molecule has 3 rings (SSSR count). The fourth-order valence-corrected chi connectivity index (χ4v) is 3.25. The number of rotatable bonds is 5. The molecule has 0 radical (unpaired) electrons. The minimum atomic E-state index is -4.49. The Bertz CT molecular complexity index is 812. The Labute approximate surface area is 153 Å². The van der Waals surface area contributed by atoms with Crippen molar-refractivity contribution < 1.29 is 27.8 Å². The Morgan fingerprint density at radius 2 is 1.81 bits per heavy atom. The van der Waals surface area contributed by atoms with E-state index >= 15 is 0 Å². The molecular formula is C19H16ClF3O3. The van der Waals surface area contributed by atoms with Gasteiger partial charge >= 0.3 is 12.1 Å². The normalized spacial score (nSPS) is 16.0. The molecule has 2 aromatic rings. The van der Waals surface area contributed by atoms with Crippen LogP contribution in [0.1, 0.15) is 24.8 Å². The summed E-state index contributed by atoms with van der Waals surface area (Å²) in [5.74, 6) is -0.959. The summed E-state index contributed by atoms with van der Waals surface area (Å²) in [6.45, 7) is -1.45. The molecule has 0 aliphatic heterocycles. The number of aliphatic carboxylic acids is 1. The van der Waals surface area contributed by atoms with Gasteiger partial charge in [-0.2, -0.15) is 13.2 Å². The van der Waals surface area contributed by atoms with Gasteiger partial charge in [0.15, 0.2) is 6.61 Å². The van der Waals surface area contributed by atoms with Crippen LogP contribution in [0.5, 0.6) is 5.75 Å². The van der Waals surface area contributed by atoms with Crippen LogP contribution in [-0.2, 0) is 10.2 Å². The standard InChI is InChI=1S/C19H16ClF3O3/c20-14-5-2-12(3-6-14)15-7-4-13(18(17(24)25)8-1-9-18)10-16(15)26-11-19(21,22)23/h2-7,10H,1,8-9,11H2,(H,24,25). The van der Waals surface area contributed by atoms with E-state index in [0.29, 0.717) is 34.6 Å². The number of alkyl halides is 3. The fourth-order valence-electron chi connectivity index (χ4n) is 3.12. The molecule has 1 saturated carbocycles. The molecule has 3 nitrogen and oxygen atoms in total. The maximum Gasteiger partial charge on any atom is 0.422 e. The minimum Gasteiger partial charge on any atom is -0.483 e. The van der Waals surface area contributed by atoms with Gasteiger partial charge in [-0.3, -0.25) is 4.79 Å². The second-order valence-corrected chi connectivity index (χ2v) is 6.80. The van der Waals surface area contributed by atoms with E-state index < -0.39 is 24.2 Å². The number of carbonyl (C=O) groups is 1. The van der Waals surface area contributed by atoms with Crippen LogP contribution in [0.4, 0.5) is 13.2 Å². The number of ether oxygens (including phenoxy) is 1. The summed E-state index contributed by atoms with van der Waals surface area (Å²) in [5.41, 5.74) is 0.506. The SMILES string of the molecule is O=C(O)C1(c2ccc(-c3ccc(Cl)cc3)c(OCC(F)(F)F)c2)CCC1. The summed E-state index contributed by atoms with van der Waals surface area (Å²) in [6.07, 6.45) is -2.80. The zero-order chi connectivity index (χ0) is 18.9. The van der Waals surface area contributed by atoms with Crippen molar-refractivity contribution in [2.45, 2.75) is 30.9 Å². The van der Waals surface area contributed by atoms with E-state index in [1.165, 1.54) is 6.07 Å². The van der Waals surface area contributed by atoms with Gasteiger partial charge < -0.3 is 9.84 Å². The Kier molecular flexibility index (Phi) is 4.88. The largest absolute Gasteiger partial charge is 0.483 e. The van der Waals surface area contributed by atoms with Gasteiger partial charge in [0.1, 0.15) is 5.75 Å². The van der Waals surface area contributed by atoms with E-state index in [1.54, 1.807) is 36.4 Å². The van der Waals surface area contributed by atoms with Gasteiger partial charge in [0.05, 0.1) is 5.41 Å². The van der Waals surface area contributed by atoms with Crippen molar-refractivity contribution in [2.75, 3.05) is 6.61 Å². The number of carboxylic acid groups (broad SMARTS) is 1. The van der Waals surface area contributed by atoms with Crippen LogP contribution in [0.25, 0.3) is 11.1 Å². The van der Waals surface area contributed by atoms with Gasteiger partial charge in [-0.15, -0.1) is 0 Å². The molecule has 0 spiro atoms. The molecule has 0 unspecified atom stereocenters. The van der Waals surface area contributed by atoms with Crippen LogP contribution in [0.2, 0.25) is 5.02 Å². The molecule has 26 heavy (non-hydrogen) atoms. The first-order valence-corrected chi connectivity index (χ1v) is 8.42. The van der Waals surface area contributed by atoms with Crippen molar-refractivity contribution in [1.82, 2.24) is 0 Å². The second kappa shape index (κ2) is 6.83. The number of halogens is 4. The van der Waals surface area contributed by atoms with Gasteiger partial charge in [-0.25, -0.2) is 0 Å². The van der Waals surface area contributed by atoms with Gasteiger partial charge in [-0.1, -0.05) is 42.3 Å². The molecule has 2 aromatic carbocycles. The monoisotopic (exact) mass is 384 g/mol. The molecule has 0 heterocycles. The summed E-state index contributed by atoms with van der Waals surface area (Å²) >= 11 is 5.86. The highest BCUT2D eigenvalue weighted by molar-refractivity contribution is 6.30. The van der Waals surface area contributed by atoms with Crippen molar-refractivity contribution in [2.24, 2.45) is 0 Å². The van der Waals surface area contributed by atoms with E-state index in [0.717, 1.165) is 6.42 Å². The van der Waals surface area contributed by atoms with Crippen molar-refractivity contribution in [3.8, 4) is 16.9 Å². The van der Waals surface area contributed by atoms with E-state index in [4.69, 9.17) is 16.3 Å². The van der Waals surface area contributed by atoms with Gasteiger partial charge in [-0.05, 0) is 42.2 Å². The third-order valence-corrected chi connectivity index (χ3v) is 4.95. The predicted molar refractivity (Wildman–Crippen MR) is 91.6 cm³/mol. The summed E-state index contributed by atoms with van der Waals surface area (Å²) in [4.78, 5) is 11.7. The second-order valence-electron chi connectivity index (χ2n) is 6.36. The van der Waals surface area contributed by atoms with Crippen molar-refractivity contribution in [1.29, 1.82) is 0 Å². The fraction of sp³-hybridized carbons (Fsp3) is 0.316. The molecule has 0 amide bonds. The molecule has 0 aromatic heterocycles. The van der Waals surface area contributed by atoms with Crippen LogP contribution in [-0.4, -0.2) is 23.9 Å². The summed E-state index contributed by atoms with van der Waals surface area (Å²) in [6, 6.07) is 11.3. The number of hydrogen-bond acceptors (Lipinski definition) is 2. The highest BCUT2D eigenvalue weighted by atomic mass is 35.5. The van der Waals surface area contributed by atoms with Crippen LogP contribution in [0.3, 0.4) is 0 Å². The smallest absolute Gasteiger partial charge is 0.422 e. The highest BCUT2D eigenvalue weighted by Crippen LogP contribution is 2.46. The first-order chi connectivity index (χ1) is 12.2. The summed E-state index contributed by atoms with van der Waals surface area (Å²) in [7, 11) is 0. The van der Waals surface area contributed by atoms with Crippen LogP contribution >= 0.6 is 11.6 Å². The van der Waals surface area contributed by atoms with E-state index in [1.807, 2.05) is 0 Å². The Morgan fingerprint density at radius 3 is 2.31 bits per heavy atom. The quantitative estimate of drug-likeness (QED) is 0.745. The maximum absolute atomic E-state index is 12.6. The number of hydrogen-bond donors (Lipinski definition) is 1. The average molecular weight is 385 g/mol. The Morgan fingerprint density at radius 1 is 1.15 bits per heavy atom. The lowest BCUT2D eigenvalue weighted by molar-refractivity contribution is -0.153. The topological polar surface area (TPSA) is 46.5 Å². The molecular weight excluding hydrogens is 369 g/mol. The third-order valence-electron chi connectivity index (χ3n) is 4.70. The molecule has 7 heteroatoms. The van der Waals surface area contributed by atoms with Crippen molar-refractivity contribution in [3.63, 3.8) is 0 Å². The van der Waals surface area contributed by atoms with E-state index in [-0.39, 0.29) is 5.75 Å². The molecule has 1 aliphatic carbocycles. The molecule has 0 bridgehead atoms. The molecule has 1 N–H and O–H groups in total. The van der Waals surface area contributed by atoms with E-state index in [9.17, 15) is 23.1 Å². The molecule has 138 valence electrons. The Hall–Kier alpha value is -2.21. The predicted octanol–water partition coefficient (Wildman–Crippen LogP) is 5.45. The lowest BCUT2D eigenvalue weighted by atomic mass is 9.64. The highest BCUT2D eigenvalue weighted by Gasteiger charge is 2.46.